The van der Waals surface area contributed by atoms with Gasteiger partial charge in [0.05, 0.1) is 19.1 Å². The summed E-state index contributed by atoms with van der Waals surface area (Å²) in [5.41, 5.74) is 0. The van der Waals surface area contributed by atoms with Gasteiger partial charge < -0.3 is 20.3 Å². The van der Waals surface area contributed by atoms with Gasteiger partial charge in [-0.3, -0.25) is 14.5 Å². The normalized spacial score (nSPS) is 26.3. The van der Waals surface area contributed by atoms with Gasteiger partial charge in [-0.25, -0.2) is 0 Å². The first-order chi connectivity index (χ1) is 11.7. The minimum atomic E-state index is -0.177. The first kappa shape index (κ1) is 23.4. The summed E-state index contributed by atoms with van der Waals surface area (Å²) in [6.45, 7) is 8.45. The van der Waals surface area contributed by atoms with Crippen molar-refractivity contribution in [3.8, 4) is 0 Å². The lowest BCUT2D eigenvalue weighted by atomic mass is 10.0. The molecule has 2 N–H and O–H groups in total. The van der Waals surface area contributed by atoms with Crippen LogP contribution >= 0.6 is 24.8 Å². The molecule has 2 atom stereocenters. The molecule has 3 rings (SSSR count). The van der Waals surface area contributed by atoms with Crippen LogP contribution in [0.15, 0.2) is 0 Å². The molecule has 152 valence electrons. The van der Waals surface area contributed by atoms with Gasteiger partial charge >= 0.3 is 0 Å². The SMILES string of the molecule is Cl.Cl.O=C(NCCC1CCNC1)C1CC(=O)N(CCN2CCOCC2)C1. The lowest BCUT2D eigenvalue weighted by molar-refractivity contribution is -0.129. The molecule has 3 fully saturated rings. The average molecular weight is 411 g/mol. The summed E-state index contributed by atoms with van der Waals surface area (Å²) in [5, 5.41) is 6.37. The van der Waals surface area contributed by atoms with Gasteiger partial charge in [0, 0.05) is 45.7 Å². The second-order valence-corrected chi connectivity index (χ2v) is 7.13. The molecule has 0 aromatic heterocycles. The maximum Gasteiger partial charge on any atom is 0.225 e. The third kappa shape index (κ3) is 6.85. The zero-order valence-electron chi connectivity index (χ0n) is 15.3. The standard InChI is InChI=1S/C17H30N4O3.2ClH/c22-16-11-15(17(23)19-4-2-14-1-3-18-12-14)13-21(16)6-5-20-7-9-24-10-8-20;;/h14-15,18H,1-13H2,(H,19,23);2*1H. The van der Waals surface area contributed by atoms with Crippen LogP contribution in [-0.4, -0.2) is 87.2 Å². The Labute approximate surface area is 168 Å². The summed E-state index contributed by atoms with van der Waals surface area (Å²) in [6, 6.07) is 0. The molecule has 3 saturated heterocycles. The van der Waals surface area contributed by atoms with E-state index in [-0.39, 0.29) is 42.5 Å². The zero-order valence-corrected chi connectivity index (χ0v) is 16.9. The van der Waals surface area contributed by atoms with Crippen molar-refractivity contribution in [3.05, 3.63) is 0 Å². The number of carbonyl (C=O) groups is 2. The zero-order chi connectivity index (χ0) is 16.8. The average Bonchev–Trinajstić information content (AvgIpc) is 3.24. The first-order valence-electron chi connectivity index (χ1n) is 9.28. The number of ether oxygens (including phenoxy) is 1. The van der Waals surface area contributed by atoms with E-state index < -0.39 is 0 Å². The van der Waals surface area contributed by atoms with Crippen molar-refractivity contribution in [2.24, 2.45) is 11.8 Å². The highest BCUT2D eigenvalue weighted by atomic mass is 35.5. The minimum Gasteiger partial charge on any atom is -0.379 e. The molecule has 3 heterocycles. The molecular formula is C17H32Cl2N4O3. The molecule has 0 radical (unpaired) electrons. The number of halogens is 2. The molecule has 3 aliphatic heterocycles. The van der Waals surface area contributed by atoms with E-state index in [1.807, 2.05) is 4.90 Å². The van der Waals surface area contributed by atoms with E-state index in [2.05, 4.69) is 15.5 Å². The van der Waals surface area contributed by atoms with Crippen LogP contribution in [0.2, 0.25) is 0 Å². The molecule has 2 amide bonds. The predicted octanol–water partition coefficient (Wildman–Crippen LogP) is 0.127. The Morgan fingerprint density at radius 2 is 2.00 bits per heavy atom. The van der Waals surface area contributed by atoms with E-state index in [1.165, 1.54) is 6.42 Å². The predicted molar refractivity (Wildman–Crippen MR) is 105 cm³/mol. The number of hydrogen-bond acceptors (Lipinski definition) is 5. The van der Waals surface area contributed by atoms with Crippen molar-refractivity contribution in [2.75, 3.05) is 65.6 Å². The van der Waals surface area contributed by atoms with Gasteiger partial charge in [0.15, 0.2) is 0 Å². The van der Waals surface area contributed by atoms with Crippen molar-refractivity contribution in [1.29, 1.82) is 0 Å². The Morgan fingerprint density at radius 3 is 2.69 bits per heavy atom. The van der Waals surface area contributed by atoms with E-state index in [0.29, 0.717) is 18.9 Å². The number of nitrogens with zero attached hydrogens (tertiary/aromatic N) is 2. The molecular weight excluding hydrogens is 379 g/mol. The molecule has 0 spiro atoms. The van der Waals surface area contributed by atoms with E-state index in [9.17, 15) is 9.59 Å². The fourth-order valence-electron chi connectivity index (χ4n) is 3.76. The van der Waals surface area contributed by atoms with Gasteiger partial charge in [-0.05, 0) is 31.8 Å². The molecule has 0 bridgehead atoms. The van der Waals surface area contributed by atoms with Gasteiger partial charge in [-0.1, -0.05) is 0 Å². The third-order valence-corrected chi connectivity index (χ3v) is 5.39. The van der Waals surface area contributed by atoms with Crippen molar-refractivity contribution in [2.45, 2.75) is 19.3 Å². The molecule has 7 nitrogen and oxygen atoms in total. The van der Waals surface area contributed by atoms with E-state index >= 15 is 0 Å². The first-order valence-corrected chi connectivity index (χ1v) is 9.28. The highest BCUT2D eigenvalue weighted by Crippen LogP contribution is 2.18. The summed E-state index contributed by atoms with van der Waals surface area (Å²) in [7, 11) is 0. The Morgan fingerprint density at radius 1 is 1.23 bits per heavy atom. The lowest BCUT2D eigenvalue weighted by Crippen LogP contribution is -2.42. The second kappa shape index (κ2) is 12.0. The van der Waals surface area contributed by atoms with Crippen LogP contribution in [0, 0.1) is 11.8 Å². The number of rotatable bonds is 7. The lowest BCUT2D eigenvalue weighted by Gasteiger charge is -2.28. The van der Waals surface area contributed by atoms with Crippen LogP contribution in [0.4, 0.5) is 0 Å². The van der Waals surface area contributed by atoms with Crippen LogP contribution in [0.5, 0.6) is 0 Å². The molecule has 2 unspecified atom stereocenters. The molecule has 26 heavy (non-hydrogen) atoms. The number of carbonyl (C=O) groups excluding carboxylic acids is 2. The van der Waals surface area contributed by atoms with Gasteiger partial charge in [0.1, 0.15) is 0 Å². The summed E-state index contributed by atoms with van der Waals surface area (Å²) in [6.07, 6.45) is 2.59. The summed E-state index contributed by atoms with van der Waals surface area (Å²) in [5.74, 6) is 0.663. The fourth-order valence-corrected chi connectivity index (χ4v) is 3.76. The quantitative estimate of drug-likeness (QED) is 0.623. The number of nitrogens with one attached hydrogen (secondary N) is 2. The van der Waals surface area contributed by atoms with E-state index in [0.717, 1.165) is 65.4 Å². The number of morpholine rings is 1. The van der Waals surface area contributed by atoms with Crippen LogP contribution in [0.1, 0.15) is 19.3 Å². The summed E-state index contributed by atoms with van der Waals surface area (Å²) >= 11 is 0. The monoisotopic (exact) mass is 410 g/mol. The van der Waals surface area contributed by atoms with Crippen LogP contribution in [0.25, 0.3) is 0 Å². The van der Waals surface area contributed by atoms with Crippen LogP contribution in [0.3, 0.4) is 0 Å². The molecule has 0 aliphatic carbocycles. The molecule has 9 heteroatoms. The van der Waals surface area contributed by atoms with Gasteiger partial charge in [0.25, 0.3) is 0 Å². The highest BCUT2D eigenvalue weighted by molar-refractivity contribution is 5.89. The van der Waals surface area contributed by atoms with Crippen molar-refractivity contribution < 1.29 is 14.3 Å². The maximum atomic E-state index is 12.3. The Bertz CT molecular complexity index is 444. The topological polar surface area (TPSA) is 73.9 Å². The number of hydrogen-bond donors (Lipinski definition) is 2. The van der Waals surface area contributed by atoms with Crippen molar-refractivity contribution in [3.63, 3.8) is 0 Å². The van der Waals surface area contributed by atoms with Crippen LogP contribution < -0.4 is 10.6 Å². The Balaban J connectivity index is 0.00000169. The van der Waals surface area contributed by atoms with Crippen molar-refractivity contribution >= 4 is 36.6 Å². The van der Waals surface area contributed by atoms with Crippen LogP contribution in [-0.2, 0) is 14.3 Å². The van der Waals surface area contributed by atoms with Gasteiger partial charge in [-0.2, -0.15) is 0 Å². The maximum absolute atomic E-state index is 12.3. The smallest absolute Gasteiger partial charge is 0.225 e. The van der Waals surface area contributed by atoms with E-state index in [4.69, 9.17) is 4.74 Å². The molecule has 0 aromatic carbocycles. The van der Waals surface area contributed by atoms with E-state index in [1.54, 1.807) is 0 Å². The molecule has 0 saturated carbocycles. The molecule has 0 aromatic rings. The largest absolute Gasteiger partial charge is 0.379 e. The fraction of sp³-hybridized carbons (Fsp3) is 0.882. The highest BCUT2D eigenvalue weighted by Gasteiger charge is 2.34. The number of likely N-dealkylation sites (tertiary alicyclic amines) is 1. The minimum absolute atomic E-state index is 0. The Hall–Kier alpha value is -0.600. The third-order valence-electron chi connectivity index (χ3n) is 5.39. The molecule has 3 aliphatic rings. The summed E-state index contributed by atoms with van der Waals surface area (Å²) < 4.78 is 5.34. The van der Waals surface area contributed by atoms with Crippen molar-refractivity contribution in [1.82, 2.24) is 20.4 Å². The Kier molecular flexibility index (Phi) is 10.8. The second-order valence-electron chi connectivity index (χ2n) is 7.13. The number of amides is 2. The van der Waals surface area contributed by atoms with Gasteiger partial charge in [0.2, 0.25) is 11.8 Å². The summed E-state index contributed by atoms with van der Waals surface area (Å²) in [4.78, 5) is 28.6. The van der Waals surface area contributed by atoms with Gasteiger partial charge in [-0.15, -0.1) is 24.8 Å².